The van der Waals surface area contributed by atoms with Gasteiger partial charge in [0.15, 0.2) is 0 Å². The molecule has 3 rings (SSSR count). The number of fused-ring (bicyclic) bond motifs is 1. The number of hydrogen-bond donors (Lipinski definition) is 2. The number of para-hydroxylation sites is 1. The number of pyridine rings is 1. The molecule has 0 atom stereocenters. The van der Waals surface area contributed by atoms with Crippen LogP contribution in [0.25, 0.3) is 10.9 Å². The van der Waals surface area contributed by atoms with E-state index >= 15 is 0 Å². The Morgan fingerprint density at radius 2 is 2.05 bits per heavy atom. The van der Waals surface area contributed by atoms with Gasteiger partial charge >= 0.3 is 6.03 Å². The van der Waals surface area contributed by atoms with Gasteiger partial charge in [-0.25, -0.2) is 4.79 Å². The van der Waals surface area contributed by atoms with Crippen LogP contribution in [0.5, 0.6) is 0 Å². The zero-order chi connectivity index (χ0) is 13.9. The minimum Gasteiger partial charge on any atom is -0.306 e. The number of nitrogens with zero attached hydrogens (tertiary/aromatic N) is 3. The molecule has 1 aromatic carbocycles. The zero-order valence-corrected chi connectivity index (χ0v) is 10.9. The van der Waals surface area contributed by atoms with Crippen molar-refractivity contribution in [1.82, 2.24) is 14.8 Å². The summed E-state index contributed by atoms with van der Waals surface area (Å²) in [5, 5.41) is 10.5. The summed E-state index contributed by atoms with van der Waals surface area (Å²) in [4.78, 5) is 16.2. The number of anilines is 2. The van der Waals surface area contributed by atoms with Crippen molar-refractivity contribution in [3.05, 3.63) is 48.9 Å². The van der Waals surface area contributed by atoms with E-state index in [2.05, 4.69) is 20.7 Å². The Labute approximate surface area is 115 Å². The molecule has 0 unspecified atom stereocenters. The van der Waals surface area contributed by atoms with Crippen molar-refractivity contribution in [2.45, 2.75) is 0 Å². The summed E-state index contributed by atoms with van der Waals surface area (Å²) < 4.78 is 1.62. The summed E-state index contributed by atoms with van der Waals surface area (Å²) in [6.45, 7) is 0. The highest BCUT2D eigenvalue weighted by atomic mass is 16.2. The summed E-state index contributed by atoms with van der Waals surface area (Å²) >= 11 is 0. The van der Waals surface area contributed by atoms with E-state index in [-0.39, 0.29) is 6.03 Å². The Morgan fingerprint density at radius 1 is 1.20 bits per heavy atom. The number of hydrogen-bond acceptors (Lipinski definition) is 3. The lowest BCUT2D eigenvalue weighted by molar-refractivity contribution is 0.262. The number of aromatic nitrogens is 3. The molecule has 0 bridgehead atoms. The van der Waals surface area contributed by atoms with Crippen LogP contribution in [-0.4, -0.2) is 20.8 Å². The third kappa shape index (κ3) is 2.44. The van der Waals surface area contributed by atoms with E-state index < -0.39 is 0 Å². The number of urea groups is 1. The summed E-state index contributed by atoms with van der Waals surface area (Å²) in [6.07, 6.45) is 5.01. The molecule has 3 aromatic rings. The fourth-order valence-electron chi connectivity index (χ4n) is 1.98. The number of carbonyl (C=O) groups excluding carboxylic acids is 1. The Morgan fingerprint density at radius 3 is 2.85 bits per heavy atom. The van der Waals surface area contributed by atoms with Crippen LogP contribution in [0, 0.1) is 0 Å². The second kappa shape index (κ2) is 5.00. The third-order valence-corrected chi connectivity index (χ3v) is 2.84. The topological polar surface area (TPSA) is 71.8 Å². The first-order valence-electron chi connectivity index (χ1n) is 6.13. The fourth-order valence-corrected chi connectivity index (χ4v) is 1.98. The van der Waals surface area contributed by atoms with Gasteiger partial charge in [0.25, 0.3) is 0 Å². The van der Waals surface area contributed by atoms with E-state index in [4.69, 9.17) is 0 Å². The van der Waals surface area contributed by atoms with E-state index in [9.17, 15) is 4.79 Å². The van der Waals surface area contributed by atoms with E-state index in [1.807, 2.05) is 30.3 Å². The standard InChI is InChI=1S/C14H13N5O/c1-19-9-11(8-16-19)17-14(20)18-12-6-2-4-10-5-3-7-15-13(10)12/h2-9H,1H3,(H2,17,18,20). The molecular formula is C14H13N5O. The van der Waals surface area contributed by atoms with E-state index in [1.54, 1.807) is 30.3 Å². The van der Waals surface area contributed by atoms with Crippen LogP contribution in [0.15, 0.2) is 48.9 Å². The quantitative estimate of drug-likeness (QED) is 0.749. The molecule has 20 heavy (non-hydrogen) atoms. The lowest BCUT2D eigenvalue weighted by Gasteiger charge is -2.08. The van der Waals surface area contributed by atoms with Crippen molar-refractivity contribution in [3.8, 4) is 0 Å². The highest BCUT2D eigenvalue weighted by Gasteiger charge is 2.07. The zero-order valence-electron chi connectivity index (χ0n) is 10.9. The highest BCUT2D eigenvalue weighted by molar-refractivity contribution is 6.04. The number of carbonyl (C=O) groups is 1. The molecule has 2 heterocycles. The van der Waals surface area contributed by atoms with Gasteiger partial charge in [-0.2, -0.15) is 5.10 Å². The average Bonchev–Trinajstić information content (AvgIpc) is 2.84. The molecule has 100 valence electrons. The van der Waals surface area contributed by atoms with Gasteiger partial charge in [0, 0.05) is 24.8 Å². The average molecular weight is 267 g/mol. The molecule has 2 amide bonds. The largest absolute Gasteiger partial charge is 0.323 e. The predicted octanol–water partition coefficient (Wildman–Crippen LogP) is 2.61. The molecule has 0 aliphatic carbocycles. The normalized spacial score (nSPS) is 10.4. The SMILES string of the molecule is Cn1cc(NC(=O)Nc2cccc3cccnc23)cn1. The van der Waals surface area contributed by atoms with Crippen LogP contribution in [0.1, 0.15) is 0 Å². The Kier molecular flexibility index (Phi) is 3.04. The summed E-state index contributed by atoms with van der Waals surface area (Å²) in [5.41, 5.74) is 2.07. The number of nitrogens with one attached hydrogen (secondary N) is 2. The Bertz CT molecular complexity index is 760. The van der Waals surface area contributed by atoms with Gasteiger partial charge in [-0.05, 0) is 12.1 Å². The number of amides is 2. The molecule has 0 aliphatic rings. The molecule has 0 aliphatic heterocycles. The van der Waals surface area contributed by atoms with Crippen molar-refractivity contribution in [3.63, 3.8) is 0 Å². The smallest absolute Gasteiger partial charge is 0.306 e. The van der Waals surface area contributed by atoms with Crippen LogP contribution in [-0.2, 0) is 7.05 Å². The fraction of sp³-hybridized carbons (Fsp3) is 0.0714. The first kappa shape index (κ1) is 12.2. The van der Waals surface area contributed by atoms with Crippen LogP contribution < -0.4 is 10.6 Å². The molecule has 6 nitrogen and oxygen atoms in total. The van der Waals surface area contributed by atoms with Crippen molar-refractivity contribution in [2.24, 2.45) is 7.05 Å². The highest BCUT2D eigenvalue weighted by Crippen LogP contribution is 2.20. The maximum atomic E-state index is 11.9. The molecule has 6 heteroatoms. The van der Waals surface area contributed by atoms with Crippen LogP contribution in [0.2, 0.25) is 0 Å². The molecule has 0 saturated carbocycles. The van der Waals surface area contributed by atoms with Gasteiger partial charge in [0.05, 0.1) is 23.1 Å². The minimum absolute atomic E-state index is 0.323. The summed E-state index contributed by atoms with van der Waals surface area (Å²) in [7, 11) is 1.79. The number of aryl methyl sites for hydroxylation is 1. The maximum Gasteiger partial charge on any atom is 0.323 e. The molecule has 0 radical (unpaired) electrons. The first-order valence-corrected chi connectivity index (χ1v) is 6.13. The van der Waals surface area contributed by atoms with Gasteiger partial charge in [-0.3, -0.25) is 9.67 Å². The third-order valence-electron chi connectivity index (χ3n) is 2.84. The Balaban J connectivity index is 1.81. The molecule has 0 saturated heterocycles. The monoisotopic (exact) mass is 267 g/mol. The predicted molar refractivity (Wildman–Crippen MR) is 77.6 cm³/mol. The van der Waals surface area contributed by atoms with Gasteiger partial charge in [0.2, 0.25) is 0 Å². The molecule has 0 spiro atoms. The second-order valence-corrected chi connectivity index (χ2v) is 4.36. The van der Waals surface area contributed by atoms with Crippen LogP contribution in [0.4, 0.5) is 16.2 Å². The van der Waals surface area contributed by atoms with Gasteiger partial charge in [-0.15, -0.1) is 0 Å². The number of rotatable bonds is 2. The molecule has 2 N–H and O–H groups in total. The first-order chi connectivity index (χ1) is 9.72. The second-order valence-electron chi connectivity index (χ2n) is 4.36. The van der Waals surface area contributed by atoms with E-state index in [0.29, 0.717) is 11.4 Å². The van der Waals surface area contributed by atoms with E-state index in [1.165, 1.54) is 0 Å². The molecule has 0 fully saturated rings. The van der Waals surface area contributed by atoms with Gasteiger partial charge in [0.1, 0.15) is 0 Å². The summed E-state index contributed by atoms with van der Waals surface area (Å²) in [5.74, 6) is 0. The van der Waals surface area contributed by atoms with Crippen molar-refractivity contribution < 1.29 is 4.79 Å². The van der Waals surface area contributed by atoms with Crippen molar-refractivity contribution in [1.29, 1.82) is 0 Å². The van der Waals surface area contributed by atoms with Crippen molar-refractivity contribution in [2.75, 3.05) is 10.6 Å². The lowest BCUT2D eigenvalue weighted by atomic mass is 10.2. The summed E-state index contributed by atoms with van der Waals surface area (Å²) in [6, 6.07) is 9.14. The van der Waals surface area contributed by atoms with Crippen LogP contribution >= 0.6 is 0 Å². The number of benzene rings is 1. The van der Waals surface area contributed by atoms with Crippen molar-refractivity contribution >= 4 is 28.3 Å². The van der Waals surface area contributed by atoms with Gasteiger partial charge in [-0.1, -0.05) is 18.2 Å². The Hall–Kier alpha value is -2.89. The minimum atomic E-state index is -0.323. The van der Waals surface area contributed by atoms with Crippen LogP contribution in [0.3, 0.4) is 0 Å². The lowest BCUT2D eigenvalue weighted by Crippen LogP contribution is -2.19. The molecule has 2 aromatic heterocycles. The van der Waals surface area contributed by atoms with E-state index in [0.717, 1.165) is 10.9 Å². The maximum absolute atomic E-state index is 11.9. The van der Waals surface area contributed by atoms with Gasteiger partial charge < -0.3 is 10.6 Å². The molecular weight excluding hydrogens is 254 g/mol.